The molecule has 104 valence electrons. The van der Waals surface area contributed by atoms with Crippen LogP contribution >= 0.6 is 15.9 Å². The summed E-state index contributed by atoms with van der Waals surface area (Å²) in [5.74, 6) is -1.49. The SMILES string of the molecule is CCCNC(=O)[C@@H](C)OC(=O)c1ccc(F)cc1Br. The van der Waals surface area contributed by atoms with Gasteiger partial charge >= 0.3 is 5.97 Å². The lowest BCUT2D eigenvalue weighted by Crippen LogP contribution is -2.36. The molecule has 1 rings (SSSR count). The Morgan fingerprint density at radius 1 is 1.47 bits per heavy atom. The van der Waals surface area contributed by atoms with E-state index in [1.54, 1.807) is 0 Å². The lowest BCUT2D eigenvalue weighted by Gasteiger charge is -2.13. The van der Waals surface area contributed by atoms with Crippen molar-refractivity contribution >= 4 is 27.8 Å². The lowest BCUT2D eigenvalue weighted by molar-refractivity contribution is -0.129. The molecular formula is C13H15BrFNO3. The molecule has 1 aromatic rings. The molecule has 0 aliphatic rings. The first-order valence-corrected chi connectivity index (χ1v) is 6.68. The molecule has 6 heteroatoms. The van der Waals surface area contributed by atoms with Crippen LogP contribution in [-0.4, -0.2) is 24.5 Å². The minimum atomic E-state index is -0.893. The Morgan fingerprint density at radius 2 is 2.16 bits per heavy atom. The van der Waals surface area contributed by atoms with Crippen LogP contribution in [0, 0.1) is 5.82 Å². The second-order valence-corrected chi connectivity index (χ2v) is 4.82. The summed E-state index contributed by atoms with van der Waals surface area (Å²) in [5.41, 5.74) is 0.177. The molecule has 0 radical (unpaired) electrons. The fourth-order valence-corrected chi connectivity index (χ4v) is 1.84. The van der Waals surface area contributed by atoms with Gasteiger partial charge in [0.05, 0.1) is 5.56 Å². The Hall–Kier alpha value is -1.43. The Balaban J connectivity index is 2.66. The summed E-state index contributed by atoms with van der Waals surface area (Å²) in [6.07, 6.45) is -0.0911. The molecule has 0 spiro atoms. The first kappa shape index (κ1) is 15.6. The molecule has 1 N–H and O–H groups in total. The summed E-state index contributed by atoms with van der Waals surface area (Å²) in [7, 11) is 0. The summed E-state index contributed by atoms with van der Waals surface area (Å²) in [6, 6.07) is 3.63. The van der Waals surface area contributed by atoms with Crippen molar-refractivity contribution in [2.45, 2.75) is 26.4 Å². The Morgan fingerprint density at radius 3 is 2.74 bits per heavy atom. The second kappa shape index (κ2) is 7.23. The van der Waals surface area contributed by atoms with Gasteiger partial charge in [0, 0.05) is 11.0 Å². The maximum absolute atomic E-state index is 12.9. The van der Waals surface area contributed by atoms with Gasteiger partial charge in [0.1, 0.15) is 5.82 Å². The third-order valence-electron chi connectivity index (χ3n) is 2.35. The van der Waals surface area contributed by atoms with Crippen molar-refractivity contribution in [3.63, 3.8) is 0 Å². The number of benzene rings is 1. The Kier molecular flexibility index (Phi) is 5.95. The van der Waals surface area contributed by atoms with Gasteiger partial charge in [0.2, 0.25) is 0 Å². The van der Waals surface area contributed by atoms with Gasteiger partial charge in [0.25, 0.3) is 5.91 Å². The van der Waals surface area contributed by atoms with Gasteiger partial charge in [-0.05, 0) is 47.5 Å². The minimum absolute atomic E-state index is 0.177. The van der Waals surface area contributed by atoms with E-state index in [4.69, 9.17) is 4.74 Å². The monoisotopic (exact) mass is 331 g/mol. The Bertz CT molecular complexity index is 479. The van der Waals surface area contributed by atoms with E-state index in [1.165, 1.54) is 19.1 Å². The van der Waals surface area contributed by atoms with E-state index in [9.17, 15) is 14.0 Å². The highest BCUT2D eigenvalue weighted by Gasteiger charge is 2.20. The molecule has 0 fully saturated rings. The van der Waals surface area contributed by atoms with Crippen LogP contribution in [0.1, 0.15) is 30.6 Å². The van der Waals surface area contributed by atoms with Crippen molar-refractivity contribution in [2.24, 2.45) is 0 Å². The quantitative estimate of drug-likeness (QED) is 0.844. The molecule has 1 amide bonds. The van der Waals surface area contributed by atoms with Crippen LogP contribution in [0.15, 0.2) is 22.7 Å². The number of hydrogen-bond donors (Lipinski definition) is 1. The molecule has 0 unspecified atom stereocenters. The fraction of sp³-hybridized carbons (Fsp3) is 0.385. The van der Waals surface area contributed by atoms with E-state index in [0.29, 0.717) is 11.0 Å². The molecule has 4 nitrogen and oxygen atoms in total. The first-order chi connectivity index (χ1) is 8.95. The van der Waals surface area contributed by atoms with Crippen LogP contribution in [0.5, 0.6) is 0 Å². The highest BCUT2D eigenvalue weighted by Crippen LogP contribution is 2.19. The lowest BCUT2D eigenvalue weighted by atomic mass is 10.2. The number of amides is 1. The zero-order valence-electron chi connectivity index (χ0n) is 10.7. The predicted octanol–water partition coefficient (Wildman–Crippen LogP) is 2.66. The number of esters is 1. The number of rotatable bonds is 5. The molecule has 0 heterocycles. The van der Waals surface area contributed by atoms with Crippen molar-refractivity contribution in [1.82, 2.24) is 5.32 Å². The second-order valence-electron chi connectivity index (χ2n) is 3.96. The van der Waals surface area contributed by atoms with Crippen molar-refractivity contribution in [3.8, 4) is 0 Å². The average Bonchev–Trinajstić information content (AvgIpc) is 2.35. The van der Waals surface area contributed by atoms with Crippen LogP contribution in [0.4, 0.5) is 4.39 Å². The van der Waals surface area contributed by atoms with Crippen LogP contribution < -0.4 is 5.32 Å². The summed E-state index contributed by atoms with van der Waals surface area (Å²) >= 11 is 3.08. The first-order valence-electron chi connectivity index (χ1n) is 5.89. The number of halogens is 2. The summed E-state index contributed by atoms with van der Waals surface area (Å²) < 4.78 is 18.2. The third-order valence-corrected chi connectivity index (χ3v) is 3.01. The standard InChI is InChI=1S/C13H15BrFNO3/c1-3-6-16-12(17)8(2)19-13(18)10-5-4-9(15)7-11(10)14/h4-5,7-8H,3,6H2,1-2H3,(H,16,17)/t8-/m1/s1. The maximum atomic E-state index is 12.9. The maximum Gasteiger partial charge on any atom is 0.340 e. The summed E-state index contributed by atoms with van der Waals surface area (Å²) in [6.45, 7) is 3.94. The van der Waals surface area contributed by atoms with Gasteiger partial charge in [-0.15, -0.1) is 0 Å². The predicted molar refractivity (Wildman–Crippen MR) is 72.3 cm³/mol. The number of ether oxygens (including phenoxy) is 1. The molecule has 0 aliphatic heterocycles. The van der Waals surface area contributed by atoms with Gasteiger partial charge in [-0.1, -0.05) is 6.92 Å². The molecule has 0 bridgehead atoms. The van der Waals surface area contributed by atoms with Gasteiger partial charge < -0.3 is 10.1 Å². The topological polar surface area (TPSA) is 55.4 Å². The smallest absolute Gasteiger partial charge is 0.340 e. The Labute approximate surface area is 119 Å². The van der Waals surface area contributed by atoms with E-state index in [2.05, 4.69) is 21.2 Å². The minimum Gasteiger partial charge on any atom is -0.449 e. The molecular weight excluding hydrogens is 317 g/mol. The van der Waals surface area contributed by atoms with Gasteiger partial charge in [-0.25, -0.2) is 9.18 Å². The zero-order chi connectivity index (χ0) is 14.4. The molecule has 0 aromatic heterocycles. The van der Waals surface area contributed by atoms with Crippen LogP contribution in [0.25, 0.3) is 0 Å². The average molecular weight is 332 g/mol. The third kappa shape index (κ3) is 4.63. The molecule has 1 atom stereocenters. The fourth-order valence-electron chi connectivity index (χ4n) is 1.32. The highest BCUT2D eigenvalue weighted by atomic mass is 79.9. The molecule has 19 heavy (non-hydrogen) atoms. The molecule has 1 aromatic carbocycles. The van der Waals surface area contributed by atoms with Crippen molar-refractivity contribution < 1.29 is 18.7 Å². The summed E-state index contributed by atoms with van der Waals surface area (Å²) in [4.78, 5) is 23.4. The van der Waals surface area contributed by atoms with E-state index in [0.717, 1.165) is 12.5 Å². The van der Waals surface area contributed by atoms with Crippen molar-refractivity contribution in [1.29, 1.82) is 0 Å². The molecule has 0 saturated carbocycles. The molecule has 0 saturated heterocycles. The van der Waals surface area contributed by atoms with Crippen molar-refractivity contribution in [2.75, 3.05) is 6.54 Å². The summed E-state index contributed by atoms with van der Waals surface area (Å²) in [5, 5.41) is 2.62. The number of hydrogen-bond acceptors (Lipinski definition) is 3. The van der Waals surface area contributed by atoms with Gasteiger partial charge in [0.15, 0.2) is 6.10 Å². The molecule has 0 aliphatic carbocycles. The largest absolute Gasteiger partial charge is 0.449 e. The zero-order valence-corrected chi connectivity index (χ0v) is 12.3. The number of nitrogens with one attached hydrogen (secondary N) is 1. The number of carbonyl (C=O) groups is 2. The highest BCUT2D eigenvalue weighted by molar-refractivity contribution is 9.10. The van der Waals surface area contributed by atoms with Gasteiger partial charge in [-0.3, -0.25) is 4.79 Å². The van der Waals surface area contributed by atoms with E-state index >= 15 is 0 Å². The van der Waals surface area contributed by atoms with Gasteiger partial charge in [-0.2, -0.15) is 0 Å². The van der Waals surface area contributed by atoms with E-state index in [1.807, 2.05) is 6.92 Å². The van der Waals surface area contributed by atoms with Crippen LogP contribution in [0.3, 0.4) is 0 Å². The van der Waals surface area contributed by atoms with Crippen LogP contribution in [-0.2, 0) is 9.53 Å². The number of carbonyl (C=O) groups excluding carboxylic acids is 2. The van der Waals surface area contributed by atoms with Crippen molar-refractivity contribution in [3.05, 3.63) is 34.1 Å². The van der Waals surface area contributed by atoms with E-state index < -0.39 is 17.9 Å². The normalized spacial score (nSPS) is 11.8. The van der Waals surface area contributed by atoms with Crippen LogP contribution in [0.2, 0.25) is 0 Å². The van der Waals surface area contributed by atoms with E-state index in [-0.39, 0.29) is 11.5 Å².